The van der Waals surface area contributed by atoms with Crippen LogP contribution in [0.4, 0.5) is 0 Å². The average molecular weight is 210 g/mol. The van der Waals surface area contributed by atoms with Gasteiger partial charge in [0.1, 0.15) is 0 Å². The van der Waals surface area contributed by atoms with E-state index in [-0.39, 0.29) is 0 Å². The van der Waals surface area contributed by atoms with E-state index in [1.54, 1.807) is 0 Å². The maximum atomic E-state index is 2.00. The SMILES string of the molecule is C1CCC2=C(CC1)CCCC2.CC.CC. The molecule has 0 aromatic heterocycles. The summed E-state index contributed by atoms with van der Waals surface area (Å²) in [7, 11) is 0. The topological polar surface area (TPSA) is 0 Å². The maximum Gasteiger partial charge on any atom is -0.0318 e. The molecule has 15 heavy (non-hydrogen) atoms. The molecule has 2 aliphatic carbocycles. The van der Waals surface area contributed by atoms with E-state index < -0.39 is 0 Å². The molecular weight excluding hydrogens is 180 g/mol. The first kappa shape index (κ1) is 14.7. The summed E-state index contributed by atoms with van der Waals surface area (Å²) in [5.74, 6) is 0. The Labute approximate surface area is 97.2 Å². The molecule has 0 bridgehead atoms. The van der Waals surface area contributed by atoms with Crippen LogP contribution < -0.4 is 0 Å². The molecule has 0 spiro atoms. The minimum Gasteiger partial charge on any atom is -0.0710 e. The molecule has 0 amide bonds. The van der Waals surface area contributed by atoms with Crippen molar-refractivity contribution in [1.82, 2.24) is 0 Å². The van der Waals surface area contributed by atoms with E-state index in [9.17, 15) is 0 Å². The van der Waals surface area contributed by atoms with Gasteiger partial charge in [0.25, 0.3) is 0 Å². The summed E-state index contributed by atoms with van der Waals surface area (Å²) in [6.45, 7) is 8.00. The molecule has 0 unspecified atom stereocenters. The Morgan fingerprint density at radius 1 is 0.467 bits per heavy atom. The van der Waals surface area contributed by atoms with Gasteiger partial charge in [-0.1, -0.05) is 45.3 Å². The zero-order valence-electron chi connectivity index (χ0n) is 11.4. The van der Waals surface area contributed by atoms with Gasteiger partial charge in [0.15, 0.2) is 0 Å². The van der Waals surface area contributed by atoms with Gasteiger partial charge in [-0.15, -0.1) is 0 Å². The molecule has 0 aromatic rings. The largest absolute Gasteiger partial charge is 0.0710 e. The van der Waals surface area contributed by atoms with Crippen molar-refractivity contribution in [3.05, 3.63) is 11.1 Å². The van der Waals surface area contributed by atoms with Gasteiger partial charge < -0.3 is 0 Å². The van der Waals surface area contributed by atoms with Gasteiger partial charge in [0.2, 0.25) is 0 Å². The third-order valence-corrected chi connectivity index (χ3v) is 3.16. The molecule has 0 saturated carbocycles. The van der Waals surface area contributed by atoms with Gasteiger partial charge in [-0.05, 0) is 51.4 Å². The molecule has 90 valence electrons. The second kappa shape index (κ2) is 10.3. The van der Waals surface area contributed by atoms with Gasteiger partial charge in [-0.25, -0.2) is 0 Å². The summed E-state index contributed by atoms with van der Waals surface area (Å²) in [5.41, 5.74) is 3.71. The minimum absolute atomic E-state index is 1.44. The standard InChI is InChI=1S/C11H18.2C2H6/c1-2-6-10-8-4-5-9-11(10)7-3-1;2*1-2/h1-9H2;2*1-2H3. The molecule has 0 fully saturated rings. The van der Waals surface area contributed by atoms with E-state index in [2.05, 4.69) is 0 Å². The zero-order valence-corrected chi connectivity index (χ0v) is 11.4. The molecule has 0 saturated heterocycles. The lowest BCUT2D eigenvalue weighted by Gasteiger charge is -2.17. The fourth-order valence-corrected chi connectivity index (χ4v) is 2.49. The lowest BCUT2D eigenvalue weighted by atomic mass is 9.89. The van der Waals surface area contributed by atoms with Crippen LogP contribution in [0.5, 0.6) is 0 Å². The predicted octanol–water partition coefficient (Wildman–Crippen LogP) is 5.87. The van der Waals surface area contributed by atoms with Crippen LogP contribution >= 0.6 is 0 Å². The normalized spacial score (nSPS) is 20.0. The molecule has 0 nitrogen and oxygen atoms in total. The highest BCUT2D eigenvalue weighted by Gasteiger charge is 2.14. The quantitative estimate of drug-likeness (QED) is 0.438. The Kier molecular flexibility index (Phi) is 10.1. The molecule has 0 heteroatoms. The van der Waals surface area contributed by atoms with Crippen LogP contribution in [0.3, 0.4) is 0 Å². The number of rotatable bonds is 0. The number of hydrogen-bond donors (Lipinski definition) is 0. The summed E-state index contributed by atoms with van der Waals surface area (Å²) in [4.78, 5) is 0. The van der Waals surface area contributed by atoms with Crippen LogP contribution in [0.25, 0.3) is 0 Å². The van der Waals surface area contributed by atoms with Crippen molar-refractivity contribution < 1.29 is 0 Å². The molecule has 0 N–H and O–H groups in total. The number of hydrogen-bond acceptors (Lipinski definition) is 0. The van der Waals surface area contributed by atoms with E-state index >= 15 is 0 Å². The third-order valence-electron chi connectivity index (χ3n) is 3.16. The first-order chi connectivity index (χ1) is 7.47. The third kappa shape index (κ3) is 5.39. The monoisotopic (exact) mass is 210 g/mol. The Bertz CT molecular complexity index is 147. The van der Waals surface area contributed by atoms with Crippen molar-refractivity contribution in [2.45, 2.75) is 85.5 Å². The van der Waals surface area contributed by atoms with Crippen LogP contribution in [-0.4, -0.2) is 0 Å². The maximum absolute atomic E-state index is 2.00. The molecule has 2 rings (SSSR count). The summed E-state index contributed by atoms with van der Waals surface area (Å²) in [5, 5.41) is 0. The Morgan fingerprint density at radius 3 is 1.07 bits per heavy atom. The Morgan fingerprint density at radius 2 is 0.733 bits per heavy atom. The second-order valence-electron chi connectivity index (χ2n) is 3.97. The van der Waals surface area contributed by atoms with Crippen molar-refractivity contribution in [2.75, 3.05) is 0 Å². The highest BCUT2D eigenvalue weighted by atomic mass is 14.2. The molecule has 0 atom stereocenters. The van der Waals surface area contributed by atoms with Crippen LogP contribution in [0.15, 0.2) is 11.1 Å². The van der Waals surface area contributed by atoms with E-state index in [0.29, 0.717) is 0 Å². The van der Waals surface area contributed by atoms with Gasteiger partial charge in [-0.3, -0.25) is 0 Å². The fourth-order valence-electron chi connectivity index (χ4n) is 2.49. The second-order valence-corrected chi connectivity index (χ2v) is 3.97. The lowest BCUT2D eigenvalue weighted by Crippen LogP contribution is -1.97. The summed E-state index contributed by atoms with van der Waals surface area (Å²) in [6, 6.07) is 0. The van der Waals surface area contributed by atoms with E-state index in [1.165, 1.54) is 57.8 Å². The van der Waals surface area contributed by atoms with Gasteiger partial charge in [0.05, 0.1) is 0 Å². The summed E-state index contributed by atoms with van der Waals surface area (Å²) < 4.78 is 0. The zero-order chi connectivity index (χ0) is 11.5. The molecule has 0 aromatic carbocycles. The van der Waals surface area contributed by atoms with Crippen molar-refractivity contribution in [2.24, 2.45) is 0 Å². The number of allylic oxidation sites excluding steroid dienone is 2. The van der Waals surface area contributed by atoms with E-state index in [0.717, 1.165) is 0 Å². The molecule has 0 radical (unpaired) electrons. The summed E-state index contributed by atoms with van der Waals surface area (Å²) in [6.07, 6.45) is 13.1. The molecule has 0 aliphatic heterocycles. The van der Waals surface area contributed by atoms with Crippen LogP contribution in [0.2, 0.25) is 0 Å². The smallest absolute Gasteiger partial charge is 0.0318 e. The first-order valence-corrected chi connectivity index (χ1v) is 7.16. The summed E-state index contributed by atoms with van der Waals surface area (Å²) >= 11 is 0. The molecule has 0 heterocycles. The van der Waals surface area contributed by atoms with Crippen LogP contribution in [0, 0.1) is 0 Å². The highest BCUT2D eigenvalue weighted by Crippen LogP contribution is 2.33. The lowest BCUT2D eigenvalue weighted by molar-refractivity contribution is 0.640. The molecular formula is C15H30. The van der Waals surface area contributed by atoms with Gasteiger partial charge in [0, 0.05) is 0 Å². The van der Waals surface area contributed by atoms with E-state index in [1.807, 2.05) is 38.8 Å². The fraction of sp³-hybridized carbons (Fsp3) is 0.867. The highest BCUT2D eigenvalue weighted by molar-refractivity contribution is 5.18. The predicted molar refractivity (Wildman–Crippen MR) is 71.3 cm³/mol. The minimum atomic E-state index is 1.44. The van der Waals surface area contributed by atoms with Crippen molar-refractivity contribution in [3.63, 3.8) is 0 Å². The van der Waals surface area contributed by atoms with Crippen LogP contribution in [0.1, 0.15) is 85.5 Å². The van der Waals surface area contributed by atoms with Crippen molar-refractivity contribution >= 4 is 0 Å². The molecule has 2 aliphatic rings. The van der Waals surface area contributed by atoms with E-state index in [4.69, 9.17) is 0 Å². The Hall–Kier alpha value is -0.260. The average Bonchev–Trinajstić information content (AvgIpc) is 2.59. The van der Waals surface area contributed by atoms with Crippen molar-refractivity contribution in [3.8, 4) is 0 Å². The first-order valence-electron chi connectivity index (χ1n) is 7.16. The van der Waals surface area contributed by atoms with Gasteiger partial charge >= 0.3 is 0 Å². The van der Waals surface area contributed by atoms with Gasteiger partial charge in [-0.2, -0.15) is 0 Å². The Balaban J connectivity index is 0.000000442. The van der Waals surface area contributed by atoms with Crippen LogP contribution in [-0.2, 0) is 0 Å². The van der Waals surface area contributed by atoms with Crippen molar-refractivity contribution in [1.29, 1.82) is 0 Å².